The van der Waals surface area contributed by atoms with E-state index < -0.39 is 11.6 Å². The first-order valence-corrected chi connectivity index (χ1v) is 11.4. The van der Waals surface area contributed by atoms with E-state index in [4.69, 9.17) is 0 Å². The third-order valence-corrected chi connectivity index (χ3v) is 5.82. The molecular formula is C31H25F3. The molecule has 0 N–H and O–H groups in total. The number of rotatable bonds is 6. The second-order valence-electron chi connectivity index (χ2n) is 8.32. The van der Waals surface area contributed by atoms with Crippen molar-refractivity contribution in [3.8, 4) is 11.8 Å². The fourth-order valence-electron chi connectivity index (χ4n) is 3.85. The van der Waals surface area contributed by atoms with Crippen LogP contribution in [0.5, 0.6) is 0 Å². The highest BCUT2D eigenvalue weighted by atomic mass is 19.2. The molecule has 0 heterocycles. The van der Waals surface area contributed by atoms with Crippen LogP contribution in [0.1, 0.15) is 41.2 Å². The maximum absolute atomic E-state index is 14.6. The van der Waals surface area contributed by atoms with Crippen molar-refractivity contribution in [2.24, 2.45) is 0 Å². The number of hydrogen-bond acceptors (Lipinski definition) is 0. The van der Waals surface area contributed by atoms with Crippen molar-refractivity contribution in [3.05, 3.63) is 130 Å². The summed E-state index contributed by atoms with van der Waals surface area (Å²) in [7, 11) is 0. The van der Waals surface area contributed by atoms with Gasteiger partial charge in [-0.05, 0) is 96.5 Å². The fraction of sp³-hybridized carbons (Fsp3) is 0.161. The molecule has 0 spiro atoms. The predicted octanol–water partition coefficient (Wildman–Crippen LogP) is 7.95. The van der Waals surface area contributed by atoms with E-state index >= 15 is 0 Å². The summed E-state index contributed by atoms with van der Waals surface area (Å²) in [5.74, 6) is 3.62. The van der Waals surface area contributed by atoms with Crippen molar-refractivity contribution in [3.63, 3.8) is 0 Å². The molecule has 0 aliphatic carbocycles. The van der Waals surface area contributed by atoms with Crippen LogP contribution in [0.3, 0.4) is 0 Å². The zero-order chi connectivity index (χ0) is 23.9. The number of fused-ring (bicyclic) bond motifs is 1. The Labute approximate surface area is 198 Å². The monoisotopic (exact) mass is 454 g/mol. The van der Waals surface area contributed by atoms with E-state index in [1.807, 2.05) is 13.0 Å². The summed E-state index contributed by atoms with van der Waals surface area (Å²) in [5.41, 5.74) is 4.38. The van der Waals surface area contributed by atoms with E-state index in [1.165, 1.54) is 17.2 Å². The first kappa shape index (κ1) is 23.4. The zero-order valence-corrected chi connectivity index (χ0v) is 19.0. The second-order valence-corrected chi connectivity index (χ2v) is 8.32. The number of halogens is 3. The highest BCUT2D eigenvalue weighted by molar-refractivity contribution is 5.84. The molecule has 0 atom stereocenters. The average molecular weight is 455 g/mol. The van der Waals surface area contributed by atoms with E-state index in [0.29, 0.717) is 21.9 Å². The lowest BCUT2D eigenvalue weighted by Gasteiger charge is -2.05. The molecule has 34 heavy (non-hydrogen) atoms. The third kappa shape index (κ3) is 5.97. The Bertz CT molecular complexity index is 1390. The molecule has 0 nitrogen and oxygen atoms in total. The SMILES string of the molecule is C/C=C/CCc1ccc(CCc2ccc(C#Cc3ccc4cc(F)c(F)cc4c3)c(F)c2)cc1. The Kier molecular flexibility index (Phi) is 7.50. The molecule has 0 saturated heterocycles. The van der Waals surface area contributed by atoms with Crippen molar-refractivity contribution < 1.29 is 13.2 Å². The van der Waals surface area contributed by atoms with E-state index in [0.717, 1.165) is 43.4 Å². The first-order chi connectivity index (χ1) is 16.5. The lowest BCUT2D eigenvalue weighted by molar-refractivity contribution is 0.511. The van der Waals surface area contributed by atoms with Crippen molar-refractivity contribution in [2.75, 3.05) is 0 Å². The average Bonchev–Trinajstić information content (AvgIpc) is 2.84. The van der Waals surface area contributed by atoms with Crippen LogP contribution < -0.4 is 0 Å². The predicted molar refractivity (Wildman–Crippen MR) is 133 cm³/mol. The molecule has 0 aliphatic rings. The van der Waals surface area contributed by atoms with Crippen molar-refractivity contribution in [1.82, 2.24) is 0 Å². The minimum atomic E-state index is -0.903. The first-order valence-electron chi connectivity index (χ1n) is 11.4. The Morgan fingerprint density at radius 2 is 1.26 bits per heavy atom. The molecule has 0 bridgehead atoms. The molecule has 170 valence electrons. The van der Waals surface area contributed by atoms with Gasteiger partial charge in [-0.2, -0.15) is 0 Å². The summed E-state index contributed by atoms with van der Waals surface area (Å²) in [5, 5.41) is 1.13. The highest BCUT2D eigenvalue weighted by Crippen LogP contribution is 2.20. The maximum Gasteiger partial charge on any atom is 0.159 e. The molecule has 0 unspecified atom stereocenters. The lowest BCUT2D eigenvalue weighted by atomic mass is 10.0. The minimum Gasteiger partial charge on any atom is -0.206 e. The van der Waals surface area contributed by atoms with Crippen LogP contribution in [0, 0.1) is 29.3 Å². The van der Waals surface area contributed by atoms with Gasteiger partial charge in [-0.15, -0.1) is 0 Å². The van der Waals surface area contributed by atoms with Crippen LogP contribution in [0.2, 0.25) is 0 Å². The van der Waals surface area contributed by atoms with E-state index in [1.54, 1.807) is 24.3 Å². The summed E-state index contributed by atoms with van der Waals surface area (Å²) >= 11 is 0. The smallest absolute Gasteiger partial charge is 0.159 e. The standard InChI is InChI=1S/C31H25F3/c1-2-3-4-5-22-6-8-23(9-7-22)10-11-25-13-16-26(29(32)19-25)15-12-24-14-17-27-20-30(33)31(34)21-28(27)18-24/h2-3,6-9,13-14,16-21H,4-5,10-11H2,1H3/b3-2+. The Morgan fingerprint density at radius 3 is 1.97 bits per heavy atom. The zero-order valence-electron chi connectivity index (χ0n) is 19.0. The van der Waals surface area contributed by atoms with Crippen LogP contribution >= 0.6 is 0 Å². The summed E-state index contributed by atoms with van der Waals surface area (Å²) in [6.45, 7) is 2.03. The number of aryl methyl sites for hydroxylation is 3. The van der Waals surface area contributed by atoms with Crippen LogP contribution in [-0.2, 0) is 19.3 Å². The van der Waals surface area contributed by atoms with Crippen molar-refractivity contribution in [2.45, 2.75) is 32.6 Å². The highest BCUT2D eigenvalue weighted by Gasteiger charge is 2.05. The number of hydrogen-bond donors (Lipinski definition) is 0. The largest absolute Gasteiger partial charge is 0.206 e. The summed E-state index contributed by atoms with van der Waals surface area (Å²) in [4.78, 5) is 0. The molecule has 0 radical (unpaired) electrons. The van der Waals surface area contributed by atoms with Gasteiger partial charge in [-0.3, -0.25) is 0 Å². The van der Waals surface area contributed by atoms with Crippen molar-refractivity contribution >= 4 is 10.8 Å². The second kappa shape index (κ2) is 10.9. The number of allylic oxidation sites excluding steroid dienone is 2. The molecule has 4 rings (SSSR count). The van der Waals surface area contributed by atoms with Gasteiger partial charge in [0, 0.05) is 5.56 Å². The molecule has 0 aliphatic heterocycles. The maximum atomic E-state index is 14.6. The van der Waals surface area contributed by atoms with Gasteiger partial charge >= 0.3 is 0 Å². The van der Waals surface area contributed by atoms with Gasteiger partial charge < -0.3 is 0 Å². The fourth-order valence-corrected chi connectivity index (χ4v) is 3.85. The molecule has 4 aromatic carbocycles. The van der Waals surface area contributed by atoms with Crippen LogP contribution in [0.25, 0.3) is 10.8 Å². The van der Waals surface area contributed by atoms with Gasteiger partial charge in [0.15, 0.2) is 11.6 Å². The van der Waals surface area contributed by atoms with Crippen molar-refractivity contribution in [1.29, 1.82) is 0 Å². The summed E-state index contributed by atoms with van der Waals surface area (Å²) in [6, 6.07) is 21.1. The van der Waals surface area contributed by atoms with Gasteiger partial charge in [-0.1, -0.05) is 60.4 Å². The molecular weight excluding hydrogens is 429 g/mol. The Hall–Kier alpha value is -3.77. The van der Waals surface area contributed by atoms with Gasteiger partial charge in [0.1, 0.15) is 5.82 Å². The minimum absolute atomic E-state index is 0.305. The third-order valence-electron chi connectivity index (χ3n) is 5.82. The van der Waals surface area contributed by atoms with Gasteiger partial charge in [0.2, 0.25) is 0 Å². The molecule has 4 aromatic rings. The molecule has 0 amide bonds. The molecule has 3 heteroatoms. The molecule has 0 aromatic heterocycles. The summed E-state index contributed by atoms with van der Waals surface area (Å²) in [6.07, 6.45) is 7.90. The van der Waals surface area contributed by atoms with E-state index in [2.05, 4.69) is 48.3 Å². The van der Waals surface area contributed by atoms with Gasteiger partial charge in [0.25, 0.3) is 0 Å². The van der Waals surface area contributed by atoms with Gasteiger partial charge in [0.05, 0.1) is 5.56 Å². The molecule has 0 fully saturated rings. The van der Waals surface area contributed by atoms with Gasteiger partial charge in [-0.25, -0.2) is 13.2 Å². The van der Waals surface area contributed by atoms with E-state index in [-0.39, 0.29) is 5.82 Å². The lowest BCUT2D eigenvalue weighted by Crippen LogP contribution is -1.94. The Morgan fingerprint density at radius 1 is 0.618 bits per heavy atom. The number of benzene rings is 4. The Balaban J connectivity index is 1.40. The van der Waals surface area contributed by atoms with Crippen LogP contribution in [-0.4, -0.2) is 0 Å². The normalized spacial score (nSPS) is 11.1. The quantitative estimate of drug-likeness (QED) is 0.205. The van der Waals surface area contributed by atoms with Crippen LogP contribution in [0.4, 0.5) is 13.2 Å². The summed E-state index contributed by atoms with van der Waals surface area (Å²) < 4.78 is 41.5. The van der Waals surface area contributed by atoms with Crippen LogP contribution in [0.15, 0.2) is 84.9 Å². The molecule has 0 saturated carbocycles. The topological polar surface area (TPSA) is 0 Å². The van der Waals surface area contributed by atoms with E-state index in [9.17, 15) is 13.2 Å².